The minimum absolute atomic E-state index is 0.0760. The molecule has 2 aliphatic rings. The number of likely N-dealkylation sites (tertiary alicyclic amines) is 1. The van der Waals surface area contributed by atoms with Gasteiger partial charge in [0.1, 0.15) is 6.07 Å². The standard InChI is InChI=1S/C18H24N4O2/c1-20-13-15(24-2)11-17(20)18(23)22-9-7-21(8-10-22)16-6-4-3-5-14(16)12-19/h3-6,15,17H,7-11,13H2,1-2H3/t15-,17-/m0/s1. The Kier molecular flexibility index (Phi) is 5.03. The van der Waals surface area contributed by atoms with E-state index in [-0.39, 0.29) is 18.1 Å². The molecule has 0 N–H and O–H groups in total. The smallest absolute Gasteiger partial charge is 0.240 e. The second kappa shape index (κ2) is 7.20. The SMILES string of the molecule is CO[C@H]1C[C@@H](C(=O)N2CCN(c3ccccc3C#N)CC2)N(C)C1. The fourth-order valence-electron chi connectivity index (χ4n) is 3.63. The van der Waals surface area contributed by atoms with E-state index < -0.39 is 0 Å². The first-order valence-corrected chi connectivity index (χ1v) is 8.40. The van der Waals surface area contributed by atoms with Crippen molar-refractivity contribution in [2.24, 2.45) is 0 Å². The van der Waals surface area contributed by atoms with Crippen molar-refractivity contribution in [2.45, 2.75) is 18.6 Å². The summed E-state index contributed by atoms with van der Waals surface area (Å²) >= 11 is 0. The lowest BCUT2D eigenvalue weighted by Gasteiger charge is -2.38. The van der Waals surface area contributed by atoms with E-state index in [1.807, 2.05) is 36.2 Å². The second-order valence-corrected chi connectivity index (χ2v) is 6.49. The molecule has 0 radical (unpaired) electrons. The number of nitriles is 1. The lowest BCUT2D eigenvalue weighted by molar-refractivity contribution is -0.135. The molecule has 0 aliphatic carbocycles. The van der Waals surface area contributed by atoms with Gasteiger partial charge < -0.3 is 14.5 Å². The van der Waals surface area contributed by atoms with Gasteiger partial charge in [-0.2, -0.15) is 5.26 Å². The molecule has 2 heterocycles. The van der Waals surface area contributed by atoms with Crippen LogP contribution in [0.15, 0.2) is 24.3 Å². The van der Waals surface area contributed by atoms with Crippen molar-refractivity contribution < 1.29 is 9.53 Å². The van der Waals surface area contributed by atoms with Crippen LogP contribution < -0.4 is 4.90 Å². The van der Waals surface area contributed by atoms with Gasteiger partial charge >= 0.3 is 0 Å². The molecule has 0 aromatic heterocycles. The number of rotatable bonds is 3. The van der Waals surface area contributed by atoms with Gasteiger partial charge in [0.2, 0.25) is 5.91 Å². The van der Waals surface area contributed by atoms with Crippen LogP contribution in [0.1, 0.15) is 12.0 Å². The summed E-state index contributed by atoms with van der Waals surface area (Å²) in [6.07, 6.45) is 0.913. The molecule has 2 atom stereocenters. The number of methoxy groups -OCH3 is 1. The van der Waals surface area contributed by atoms with Crippen molar-refractivity contribution in [1.82, 2.24) is 9.80 Å². The number of para-hydroxylation sites is 1. The van der Waals surface area contributed by atoms with Gasteiger partial charge in [-0.15, -0.1) is 0 Å². The number of ether oxygens (including phenoxy) is 1. The molecule has 0 bridgehead atoms. The molecule has 1 aromatic carbocycles. The maximum Gasteiger partial charge on any atom is 0.240 e. The summed E-state index contributed by atoms with van der Waals surface area (Å²) in [6.45, 7) is 3.72. The fourth-order valence-corrected chi connectivity index (χ4v) is 3.63. The largest absolute Gasteiger partial charge is 0.380 e. The number of hydrogen-bond donors (Lipinski definition) is 0. The number of amides is 1. The van der Waals surface area contributed by atoms with Crippen LogP contribution >= 0.6 is 0 Å². The molecular weight excluding hydrogens is 304 g/mol. The second-order valence-electron chi connectivity index (χ2n) is 6.49. The molecule has 2 fully saturated rings. The first kappa shape index (κ1) is 16.7. The van der Waals surface area contributed by atoms with Crippen molar-refractivity contribution >= 4 is 11.6 Å². The Hall–Kier alpha value is -2.10. The Bertz CT molecular complexity index is 634. The van der Waals surface area contributed by atoms with Crippen LogP contribution in [0.4, 0.5) is 5.69 Å². The van der Waals surface area contributed by atoms with Gasteiger partial charge in [-0.25, -0.2) is 0 Å². The number of carbonyl (C=O) groups excluding carboxylic acids is 1. The molecule has 1 amide bonds. The van der Waals surface area contributed by atoms with Crippen molar-refractivity contribution in [3.05, 3.63) is 29.8 Å². The Morgan fingerprint density at radius 2 is 1.96 bits per heavy atom. The molecule has 128 valence electrons. The summed E-state index contributed by atoms with van der Waals surface area (Å²) in [5.41, 5.74) is 1.65. The molecule has 6 heteroatoms. The molecule has 3 rings (SSSR count). The number of piperazine rings is 1. The predicted octanol–water partition coefficient (Wildman–Crippen LogP) is 0.926. The third-order valence-corrected chi connectivity index (χ3v) is 5.08. The molecular formula is C18H24N4O2. The number of nitrogens with zero attached hydrogens (tertiary/aromatic N) is 4. The van der Waals surface area contributed by atoms with Gasteiger partial charge in [0.05, 0.1) is 23.4 Å². The minimum atomic E-state index is -0.0760. The zero-order valence-electron chi connectivity index (χ0n) is 14.3. The first-order chi connectivity index (χ1) is 11.6. The highest BCUT2D eigenvalue weighted by Gasteiger charge is 2.37. The number of likely N-dealkylation sites (N-methyl/N-ethyl adjacent to an activating group) is 1. The fraction of sp³-hybridized carbons (Fsp3) is 0.556. The molecule has 24 heavy (non-hydrogen) atoms. The maximum absolute atomic E-state index is 12.8. The van der Waals surface area contributed by atoms with Gasteiger partial charge in [0.25, 0.3) is 0 Å². The van der Waals surface area contributed by atoms with Crippen molar-refractivity contribution in [3.8, 4) is 6.07 Å². The summed E-state index contributed by atoms with van der Waals surface area (Å²) in [5.74, 6) is 0.199. The molecule has 2 aliphatic heterocycles. The van der Waals surface area contributed by atoms with Crippen LogP contribution in [-0.4, -0.2) is 74.7 Å². The van der Waals surface area contributed by atoms with Crippen LogP contribution in [0.3, 0.4) is 0 Å². The number of benzene rings is 1. The van der Waals surface area contributed by atoms with Crippen LogP contribution in [0, 0.1) is 11.3 Å². The van der Waals surface area contributed by atoms with E-state index >= 15 is 0 Å². The molecule has 2 saturated heterocycles. The Labute approximate surface area is 143 Å². The van der Waals surface area contributed by atoms with Crippen molar-refractivity contribution in [2.75, 3.05) is 51.8 Å². The minimum Gasteiger partial charge on any atom is -0.380 e. The van der Waals surface area contributed by atoms with E-state index in [1.165, 1.54) is 0 Å². The van der Waals surface area contributed by atoms with Crippen molar-refractivity contribution in [3.63, 3.8) is 0 Å². The molecule has 6 nitrogen and oxygen atoms in total. The van der Waals surface area contributed by atoms with E-state index in [1.54, 1.807) is 7.11 Å². The highest BCUT2D eigenvalue weighted by Crippen LogP contribution is 2.23. The lowest BCUT2D eigenvalue weighted by Crippen LogP contribution is -2.53. The molecule has 0 saturated carbocycles. The maximum atomic E-state index is 12.8. The Balaban J connectivity index is 1.61. The number of hydrogen-bond acceptors (Lipinski definition) is 5. The Morgan fingerprint density at radius 3 is 2.58 bits per heavy atom. The van der Waals surface area contributed by atoms with E-state index in [0.717, 1.165) is 31.7 Å². The van der Waals surface area contributed by atoms with E-state index in [2.05, 4.69) is 15.9 Å². The van der Waals surface area contributed by atoms with E-state index in [0.29, 0.717) is 18.7 Å². The van der Waals surface area contributed by atoms with Crippen LogP contribution in [-0.2, 0) is 9.53 Å². The lowest BCUT2D eigenvalue weighted by atomic mass is 10.1. The van der Waals surface area contributed by atoms with Crippen LogP contribution in [0.2, 0.25) is 0 Å². The van der Waals surface area contributed by atoms with E-state index in [4.69, 9.17) is 4.74 Å². The number of carbonyl (C=O) groups is 1. The average molecular weight is 328 g/mol. The molecule has 0 spiro atoms. The molecule has 0 unspecified atom stereocenters. The van der Waals surface area contributed by atoms with Gasteiger partial charge in [-0.05, 0) is 25.6 Å². The third kappa shape index (κ3) is 3.23. The Morgan fingerprint density at radius 1 is 1.25 bits per heavy atom. The predicted molar refractivity (Wildman–Crippen MR) is 91.8 cm³/mol. The quantitative estimate of drug-likeness (QED) is 0.826. The van der Waals surface area contributed by atoms with Crippen LogP contribution in [0.5, 0.6) is 0 Å². The van der Waals surface area contributed by atoms with Crippen molar-refractivity contribution in [1.29, 1.82) is 5.26 Å². The van der Waals surface area contributed by atoms with E-state index in [9.17, 15) is 10.1 Å². The zero-order chi connectivity index (χ0) is 17.1. The summed E-state index contributed by atoms with van der Waals surface area (Å²) in [4.78, 5) is 19.0. The van der Waals surface area contributed by atoms with Gasteiger partial charge in [0, 0.05) is 39.8 Å². The normalized spacial score (nSPS) is 24.9. The van der Waals surface area contributed by atoms with Gasteiger partial charge in [-0.1, -0.05) is 12.1 Å². The average Bonchev–Trinajstić information content (AvgIpc) is 3.02. The highest BCUT2D eigenvalue weighted by atomic mass is 16.5. The van der Waals surface area contributed by atoms with Crippen LogP contribution in [0.25, 0.3) is 0 Å². The first-order valence-electron chi connectivity index (χ1n) is 8.40. The summed E-state index contributed by atoms with van der Waals surface area (Å²) in [5, 5.41) is 9.25. The topological polar surface area (TPSA) is 59.8 Å². The summed E-state index contributed by atoms with van der Waals surface area (Å²) < 4.78 is 5.40. The van der Waals surface area contributed by atoms with Gasteiger partial charge in [-0.3, -0.25) is 9.69 Å². The van der Waals surface area contributed by atoms with Gasteiger partial charge in [0.15, 0.2) is 0 Å². The summed E-state index contributed by atoms with van der Waals surface area (Å²) in [7, 11) is 3.69. The summed E-state index contributed by atoms with van der Waals surface area (Å²) in [6, 6.07) is 9.81. The zero-order valence-corrected chi connectivity index (χ0v) is 14.3. The highest BCUT2D eigenvalue weighted by molar-refractivity contribution is 5.82. The number of anilines is 1. The monoisotopic (exact) mass is 328 g/mol. The third-order valence-electron chi connectivity index (χ3n) is 5.08. The molecule has 1 aromatic rings.